The van der Waals surface area contributed by atoms with Gasteiger partial charge in [0.25, 0.3) is 0 Å². The van der Waals surface area contributed by atoms with Crippen LogP contribution in [0.2, 0.25) is 5.02 Å². The van der Waals surface area contributed by atoms with Gasteiger partial charge in [-0.1, -0.05) is 27.5 Å². The molecule has 1 fully saturated rings. The van der Waals surface area contributed by atoms with Crippen molar-refractivity contribution in [3.63, 3.8) is 0 Å². The number of anilines is 1. The SMILES string of the molecule is Fc1c(Cl)cc(N2CCOCC2)cc1CBr. The van der Waals surface area contributed by atoms with Gasteiger partial charge in [-0.25, -0.2) is 4.39 Å². The van der Waals surface area contributed by atoms with Gasteiger partial charge < -0.3 is 9.64 Å². The zero-order valence-corrected chi connectivity index (χ0v) is 11.0. The smallest absolute Gasteiger partial charge is 0.145 e. The zero-order chi connectivity index (χ0) is 11.5. The van der Waals surface area contributed by atoms with E-state index < -0.39 is 0 Å². The van der Waals surface area contributed by atoms with Crippen LogP contribution in [0.25, 0.3) is 0 Å². The number of hydrogen-bond acceptors (Lipinski definition) is 2. The second-order valence-electron chi connectivity index (χ2n) is 3.63. The molecule has 16 heavy (non-hydrogen) atoms. The van der Waals surface area contributed by atoms with Gasteiger partial charge in [-0.05, 0) is 12.1 Å². The number of alkyl halides is 1. The van der Waals surface area contributed by atoms with Crippen molar-refractivity contribution in [1.82, 2.24) is 0 Å². The summed E-state index contributed by atoms with van der Waals surface area (Å²) in [6, 6.07) is 3.51. The lowest BCUT2D eigenvalue weighted by Crippen LogP contribution is -2.36. The molecule has 1 aromatic rings. The van der Waals surface area contributed by atoms with E-state index in [9.17, 15) is 4.39 Å². The van der Waals surface area contributed by atoms with E-state index in [2.05, 4.69) is 20.8 Å². The van der Waals surface area contributed by atoms with Crippen molar-refractivity contribution in [2.24, 2.45) is 0 Å². The van der Waals surface area contributed by atoms with Crippen LogP contribution in [-0.4, -0.2) is 26.3 Å². The Kier molecular flexibility index (Phi) is 4.05. The van der Waals surface area contributed by atoms with Crippen molar-refractivity contribution in [1.29, 1.82) is 0 Å². The Morgan fingerprint density at radius 3 is 2.69 bits per heavy atom. The van der Waals surface area contributed by atoms with E-state index in [1.165, 1.54) is 0 Å². The summed E-state index contributed by atoms with van der Waals surface area (Å²) in [5.41, 5.74) is 1.55. The standard InChI is InChI=1S/C11H12BrClFNO/c12-7-8-5-9(6-10(13)11(8)14)15-1-3-16-4-2-15/h5-6H,1-4,7H2. The Morgan fingerprint density at radius 2 is 2.06 bits per heavy atom. The van der Waals surface area contributed by atoms with Crippen LogP contribution in [0, 0.1) is 5.82 Å². The Balaban J connectivity index is 2.29. The van der Waals surface area contributed by atoms with Crippen LogP contribution in [-0.2, 0) is 10.1 Å². The van der Waals surface area contributed by atoms with E-state index in [0.717, 1.165) is 18.8 Å². The quantitative estimate of drug-likeness (QED) is 0.778. The molecular weight excluding hydrogens is 296 g/mol. The second-order valence-corrected chi connectivity index (χ2v) is 4.60. The molecule has 0 amide bonds. The number of hydrogen-bond donors (Lipinski definition) is 0. The minimum absolute atomic E-state index is 0.179. The lowest BCUT2D eigenvalue weighted by Gasteiger charge is -2.29. The van der Waals surface area contributed by atoms with E-state index in [-0.39, 0.29) is 10.8 Å². The minimum atomic E-state index is -0.337. The molecule has 1 aromatic carbocycles. The third-order valence-electron chi connectivity index (χ3n) is 2.61. The topological polar surface area (TPSA) is 12.5 Å². The average Bonchev–Trinajstić information content (AvgIpc) is 2.33. The maximum absolute atomic E-state index is 13.5. The van der Waals surface area contributed by atoms with E-state index in [4.69, 9.17) is 16.3 Å². The molecule has 0 aromatic heterocycles. The summed E-state index contributed by atoms with van der Waals surface area (Å²) < 4.78 is 18.8. The van der Waals surface area contributed by atoms with E-state index >= 15 is 0 Å². The number of rotatable bonds is 2. The van der Waals surface area contributed by atoms with Crippen LogP contribution < -0.4 is 4.90 Å². The summed E-state index contributed by atoms with van der Waals surface area (Å²) >= 11 is 9.12. The lowest BCUT2D eigenvalue weighted by atomic mass is 10.2. The fourth-order valence-electron chi connectivity index (χ4n) is 1.73. The van der Waals surface area contributed by atoms with Crippen LogP contribution in [0.3, 0.4) is 0 Å². The number of ether oxygens (including phenoxy) is 1. The fraction of sp³-hybridized carbons (Fsp3) is 0.455. The highest BCUT2D eigenvalue weighted by Gasteiger charge is 2.15. The summed E-state index contributed by atoms with van der Waals surface area (Å²) in [5, 5.41) is 0.648. The molecule has 2 rings (SSSR count). The molecule has 5 heteroatoms. The first-order valence-electron chi connectivity index (χ1n) is 5.09. The Morgan fingerprint density at radius 1 is 1.38 bits per heavy atom. The number of benzene rings is 1. The molecule has 1 aliphatic heterocycles. The van der Waals surface area contributed by atoms with Crippen LogP contribution in [0.1, 0.15) is 5.56 Å². The first-order valence-corrected chi connectivity index (χ1v) is 6.59. The summed E-state index contributed by atoms with van der Waals surface area (Å²) in [4.78, 5) is 2.15. The summed E-state index contributed by atoms with van der Waals surface area (Å²) in [7, 11) is 0. The zero-order valence-electron chi connectivity index (χ0n) is 8.68. The maximum atomic E-state index is 13.5. The molecule has 0 spiro atoms. The monoisotopic (exact) mass is 307 g/mol. The average molecular weight is 309 g/mol. The van der Waals surface area contributed by atoms with Gasteiger partial charge in [-0.2, -0.15) is 0 Å². The van der Waals surface area contributed by atoms with Gasteiger partial charge in [0.15, 0.2) is 0 Å². The Bertz CT molecular complexity index is 382. The molecule has 0 atom stereocenters. The van der Waals surface area contributed by atoms with Crippen molar-refractivity contribution in [2.45, 2.75) is 5.33 Å². The number of morpholine rings is 1. The van der Waals surface area contributed by atoms with Crippen LogP contribution in [0.15, 0.2) is 12.1 Å². The summed E-state index contributed by atoms with van der Waals surface area (Å²) in [6.07, 6.45) is 0. The van der Waals surface area contributed by atoms with Crippen molar-refractivity contribution in [3.05, 3.63) is 28.5 Å². The third-order valence-corrected chi connectivity index (χ3v) is 3.49. The van der Waals surface area contributed by atoms with Gasteiger partial charge in [0.2, 0.25) is 0 Å². The predicted octanol–water partition coefficient (Wildman–Crippen LogP) is 3.21. The maximum Gasteiger partial charge on any atom is 0.145 e. The van der Waals surface area contributed by atoms with Gasteiger partial charge in [0.05, 0.1) is 18.2 Å². The highest BCUT2D eigenvalue weighted by molar-refractivity contribution is 9.08. The molecule has 2 nitrogen and oxygen atoms in total. The highest BCUT2D eigenvalue weighted by atomic mass is 79.9. The first kappa shape index (κ1) is 12.1. The van der Waals surface area contributed by atoms with Crippen molar-refractivity contribution < 1.29 is 9.13 Å². The second kappa shape index (κ2) is 5.34. The minimum Gasteiger partial charge on any atom is -0.378 e. The molecule has 0 bridgehead atoms. The highest BCUT2D eigenvalue weighted by Crippen LogP contribution is 2.28. The molecule has 0 radical (unpaired) electrons. The van der Waals surface area contributed by atoms with Crippen molar-refractivity contribution >= 4 is 33.2 Å². The van der Waals surface area contributed by atoms with Gasteiger partial charge in [0.1, 0.15) is 5.82 Å². The third kappa shape index (κ3) is 2.50. The van der Waals surface area contributed by atoms with E-state index in [1.54, 1.807) is 6.07 Å². The molecule has 0 aliphatic carbocycles. The lowest BCUT2D eigenvalue weighted by molar-refractivity contribution is 0.122. The number of nitrogens with zero attached hydrogens (tertiary/aromatic N) is 1. The fourth-order valence-corrected chi connectivity index (χ4v) is 2.37. The van der Waals surface area contributed by atoms with Crippen LogP contribution >= 0.6 is 27.5 Å². The Labute approximate surface area is 107 Å². The normalized spacial score (nSPS) is 16.6. The molecule has 0 unspecified atom stereocenters. The van der Waals surface area contributed by atoms with E-state index in [1.807, 2.05) is 6.07 Å². The summed E-state index contributed by atoms with van der Waals surface area (Å²) in [6.45, 7) is 3.06. The predicted molar refractivity (Wildman–Crippen MR) is 67.1 cm³/mol. The van der Waals surface area contributed by atoms with Crippen molar-refractivity contribution in [2.75, 3.05) is 31.2 Å². The van der Waals surface area contributed by atoms with Gasteiger partial charge in [-0.15, -0.1) is 0 Å². The molecular formula is C11H12BrClFNO. The van der Waals surface area contributed by atoms with Gasteiger partial charge in [-0.3, -0.25) is 0 Å². The van der Waals surface area contributed by atoms with Crippen LogP contribution in [0.4, 0.5) is 10.1 Å². The molecule has 88 valence electrons. The van der Waals surface area contributed by atoms with Crippen molar-refractivity contribution in [3.8, 4) is 0 Å². The molecule has 0 N–H and O–H groups in total. The largest absolute Gasteiger partial charge is 0.378 e. The van der Waals surface area contributed by atoms with E-state index in [0.29, 0.717) is 24.1 Å². The number of halogens is 3. The summed E-state index contributed by atoms with van der Waals surface area (Å²) in [5.74, 6) is -0.337. The molecule has 1 heterocycles. The molecule has 1 saturated heterocycles. The first-order chi connectivity index (χ1) is 7.72. The van der Waals surface area contributed by atoms with Gasteiger partial charge in [0, 0.05) is 29.7 Å². The molecule has 1 aliphatic rings. The van der Waals surface area contributed by atoms with Crippen LogP contribution in [0.5, 0.6) is 0 Å². The Hall–Kier alpha value is -0.320. The molecule has 0 saturated carbocycles. The van der Waals surface area contributed by atoms with Gasteiger partial charge >= 0.3 is 0 Å².